The van der Waals surface area contributed by atoms with Crippen LogP contribution >= 0.6 is 23.2 Å². The van der Waals surface area contributed by atoms with Crippen LogP contribution in [0.5, 0.6) is 0 Å². The van der Waals surface area contributed by atoms with E-state index in [2.05, 4.69) is 4.98 Å². The van der Waals surface area contributed by atoms with Crippen LogP contribution in [0.4, 0.5) is 4.39 Å². The smallest absolute Gasteiger partial charge is 0.256 e. The summed E-state index contributed by atoms with van der Waals surface area (Å²) in [6, 6.07) is 10.7. The summed E-state index contributed by atoms with van der Waals surface area (Å²) >= 11 is 12.2. The van der Waals surface area contributed by atoms with Crippen LogP contribution in [0.1, 0.15) is 20.7 Å². The summed E-state index contributed by atoms with van der Waals surface area (Å²) in [6.07, 6.45) is 1.63. The third-order valence-electron chi connectivity index (χ3n) is 4.92. The summed E-state index contributed by atoms with van der Waals surface area (Å²) in [7, 11) is 0. The average Bonchev–Trinajstić information content (AvgIpc) is 2.72. The Kier molecular flexibility index (Phi) is 5.39. The van der Waals surface area contributed by atoms with Gasteiger partial charge in [0.1, 0.15) is 5.82 Å². The number of hydrogen-bond donors (Lipinski definition) is 0. The highest BCUT2D eigenvalue weighted by molar-refractivity contribution is 6.34. The number of hydrogen-bond acceptors (Lipinski definition) is 3. The van der Waals surface area contributed by atoms with E-state index in [1.165, 1.54) is 12.1 Å². The van der Waals surface area contributed by atoms with Crippen molar-refractivity contribution in [1.82, 2.24) is 14.8 Å². The van der Waals surface area contributed by atoms with Gasteiger partial charge in [0.2, 0.25) is 0 Å². The lowest BCUT2D eigenvalue weighted by Crippen LogP contribution is -2.50. The Bertz CT molecular complexity index is 1110. The van der Waals surface area contributed by atoms with Gasteiger partial charge in [0, 0.05) is 42.8 Å². The van der Waals surface area contributed by atoms with Crippen molar-refractivity contribution >= 4 is 45.9 Å². The molecule has 0 radical (unpaired) electrons. The molecular formula is C21H16Cl2FN3O2. The molecule has 148 valence electrons. The molecule has 0 spiro atoms. The largest absolute Gasteiger partial charge is 0.335 e. The number of fused-ring (bicyclic) bond motifs is 1. The van der Waals surface area contributed by atoms with Crippen molar-refractivity contribution in [3.8, 4) is 0 Å². The van der Waals surface area contributed by atoms with Crippen LogP contribution in [0.2, 0.25) is 10.0 Å². The number of carbonyl (C=O) groups excluding carboxylic acids is 2. The first-order valence-corrected chi connectivity index (χ1v) is 9.77. The fraction of sp³-hybridized carbons (Fsp3) is 0.190. The number of pyridine rings is 1. The monoisotopic (exact) mass is 431 g/mol. The van der Waals surface area contributed by atoms with Crippen LogP contribution in [-0.4, -0.2) is 52.8 Å². The van der Waals surface area contributed by atoms with Crippen LogP contribution < -0.4 is 0 Å². The minimum atomic E-state index is -0.496. The fourth-order valence-corrected chi connectivity index (χ4v) is 3.91. The van der Waals surface area contributed by atoms with Crippen LogP contribution in [0.15, 0.2) is 48.7 Å². The summed E-state index contributed by atoms with van der Waals surface area (Å²) in [5.41, 5.74) is 1.28. The summed E-state index contributed by atoms with van der Waals surface area (Å²) in [4.78, 5) is 33.4. The number of carbonyl (C=O) groups is 2. The first kappa shape index (κ1) is 19.6. The molecule has 2 amide bonds. The quantitative estimate of drug-likeness (QED) is 0.608. The molecule has 0 unspecified atom stereocenters. The maximum absolute atomic E-state index is 13.2. The van der Waals surface area contributed by atoms with E-state index in [1.54, 1.807) is 34.2 Å². The molecule has 3 aromatic rings. The van der Waals surface area contributed by atoms with Crippen molar-refractivity contribution < 1.29 is 14.0 Å². The van der Waals surface area contributed by atoms with Gasteiger partial charge in [-0.25, -0.2) is 4.39 Å². The molecule has 4 rings (SSSR count). The molecule has 0 aliphatic carbocycles. The highest BCUT2D eigenvalue weighted by atomic mass is 35.5. The third kappa shape index (κ3) is 3.91. The molecule has 0 bridgehead atoms. The molecule has 0 saturated carbocycles. The fourth-order valence-electron chi connectivity index (χ4n) is 3.43. The Morgan fingerprint density at radius 1 is 0.897 bits per heavy atom. The summed E-state index contributed by atoms with van der Waals surface area (Å²) in [5, 5.41) is 1.33. The second kappa shape index (κ2) is 7.97. The minimum absolute atomic E-state index is 0.0741. The molecule has 1 aromatic heterocycles. The molecule has 1 aliphatic rings. The van der Waals surface area contributed by atoms with Gasteiger partial charge in [0.25, 0.3) is 11.8 Å². The van der Waals surface area contributed by atoms with Crippen LogP contribution in [0, 0.1) is 5.82 Å². The summed E-state index contributed by atoms with van der Waals surface area (Å²) < 4.78 is 13.2. The normalized spacial score (nSPS) is 14.3. The molecule has 29 heavy (non-hydrogen) atoms. The number of piperazine rings is 1. The Labute approximate surface area is 176 Å². The average molecular weight is 432 g/mol. The highest BCUT2D eigenvalue weighted by Gasteiger charge is 2.27. The Hall–Kier alpha value is -2.70. The number of benzene rings is 2. The first-order valence-electron chi connectivity index (χ1n) is 9.02. The third-order valence-corrected chi connectivity index (χ3v) is 5.45. The van der Waals surface area contributed by atoms with Gasteiger partial charge in [0.05, 0.1) is 21.7 Å². The molecule has 1 aliphatic heterocycles. The van der Waals surface area contributed by atoms with Gasteiger partial charge >= 0.3 is 0 Å². The molecule has 0 atom stereocenters. The van der Waals surface area contributed by atoms with Gasteiger partial charge in [-0.2, -0.15) is 0 Å². The maximum atomic E-state index is 13.2. The Balaban J connectivity index is 1.50. The first-order chi connectivity index (χ1) is 13.9. The van der Waals surface area contributed by atoms with E-state index in [4.69, 9.17) is 23.2 Å². The molecule has 0 N–H and O–H groups in total. The van der Waals surface area contributed by atoms with Crippen molar-refractivity contribution in [1.29, 1.82) is 0 Å². The Morgan fingerprint density at radius 3 is 2.21 bits per heavy atom. The number of nitrogens with zero attached hydrogens (tertiary/aromatic N) is 3. The van der Waals surface area contributed by atoms with Gasteiger partial charge in [-0.05, 0) is 36.4 Å². The van der Waals surface area contributed by atoms with Crippen molar-refractivity contribution in [3.05, 3.63) is 75.7 Å². The number of halogens is 3. The van der Waals surface area contributed by atoms with E-state index < -0.39 is 5.82 Å². The second-order valence-electron chi connectivity index (χ2n) is 6.74. The maximum Gasteiger partial charge on any atom is 0.256 e. The molecule has 8 heteroatoms. The van der Waals surface area contributed by atoms with Crippen LogP contribution in [0.25, 0.3) is 10.9 Å². The molecule has 2 aromatic carbocycles. The number of rotatable bonds is 2. The van der Waals surface area contributed by atoms with Gasteiger partial charge in [-0.15, -0.1) is 0 Å². The zero-order chi connectivity index (χ0) is 20.5. The summed E-state index contributed by atoms with van der Waals surface area (Å²) in [5.74, 6) is -0.954. The molecule has 1 saturated heterocycles. The van der Waals surface area contributed by atoms with Gasteiger partial charge in [-0.3, -0.25) is 14.6 Å². The lowest BCUT2D eigenvalue weighted by atomic mass is 10.1. The van der Waals surface area contributed by atoms with Crippen LogP contribution in [-0.2, 0) is 0 Å². The lowest BCUT2D eigenvalue weighted by molar-refractivity contribution is 0.0536. The topological polar surface area (TPSA) is 53.5 Å². The Morgan fingerprint density at radius 2 is 1.55 bits per heavy atom. The van der Waals surface area contributed by atoms with Crippen molar-refractivity contribution in [3.63, 3.8) is 0 Å². The van der Waals surface area contributed by atoms with E-state index in [9.17, 15) is 14.0 Å². The van der Waals surface area contributed by atoms with Crippen molar-refractivity contribution in [2.75, 3.05) is 26.2 Å². The molecule has 2 heterocycles. The van der Waals surface area contributed by atoms with E-state index in [0.29, 0.717) is 42.3 Å². The van der Waals surface area contributed by atoms with Crippen molar-refractivity contribution in [2.45, 2.75) is 0 Å². The number of aromatic nitrogens is 1. The van der Waals surface area contributed by atoms with E-state index in [0.717, 1.165) is 11.5 Å². The van der Waals surface area contributed by atoms with E-state index >= 15 is 0 Å². The van der Waals surface area contributed by atoms with Crippen molar-refractivity contribution in [2.24, 2.45) is 0 Å². The second-order valence-corrected chi connectivity index (χ2v) is 7.58. The number of amides is 2. The zero-order valence-corrected chi connectivity index (χ0v) is 16.8. The standard InChI is InChI=1S/C21H16Cl2FN3O2/c22-14-10-13-2-1-5-25-19(13)17(11-14)21(29)27-8-6-26(7-9-27)20(28)16-4-3-15(24)12-18(16)23/h1-5,10-12H,6-9H2. The molecule has 5 nitrogen and oxygen atoms in total. The SMILES string of the molecule is O=C(c1ccc(F)cc1Cl)N1CCN(C(=O)c2cc(Cl)cc3cccnc23)CC1. The van der Waals surface area contributed by atoms with Gasteiger partial charge in [-0.1, -0.05) is 29.3 Å². The highest BCUT2D eigenvalue weighted by Crippen LogP contribution is 2.25. The van der Waals surface area contributed by atoms with E-state index in [1.807, 2.05) is 6.07 Å². The zero-order valence-electron chi connectivity index (χ0n) is 15.2. The predicted octanol–water partition coefficient (Wildman–Crippen LogP) is 4.28. The molecular weight excluding hydrogens is 416 g/mol. The summed E-state index contributed by atoms with van der Waals surface area (Å²) in [6.45, 7) is 1.43. The van der Waals surface area contributed by atoms with Gasteiger partial charge in [0.15, 0.2) is 0 Å². The lowest BCUT2D eigenvalue weighted by Gasteiger charge is -2.35. The van der Waals surface area contributed by atoms with Gasteiger partial charge < -0.3 is 9.80 Å². The van der Waals surface area contributed by atoms with Crippen LogP contribution in [0.3, 0.4) is 0 Å². The predicted molar refractivity (Wildman–Crippen MR) is 110 cm³/mol. The van der Waals surface area contributed by atoms with E-state index in [-0.39, 0.29) is 22.4 Å². The minimum Gasteiger partial charge on any atom is -0.335 e. The molecule has 1 fully saturated rings.